The van der Waals surface area contributed by atoms with Crippen LogP contribution in [0.15, 0.2) is 70.7 Å². The van der Waals surface area contributed by atoms with Crippen molar-refractivity contribution in [2.45, 2.75) is 186 Å². The van der Waals surface area contributed by atoms with Gasteiger partial charge in [0.15, 0.2) is 5.78 Å². The summed E-state index contributed by atoms with van der Waals surface area (Å²) in [4.78, 5) is 74.0. The number of methoxy groups -OCH3 is 2. The summed E-state index contributed by atoms with van der Waals surface area (Å²) in [5, 5.41) is 23.8. The number of fused-ring (bicyclic) bond motifs is 3. The van der Waals surface area contributed by atoms with Crippen molar-refractivity contribution >= 4 is 29.1 Å². The Kier molecular flexibility index (Phi) is 21.8. The largest absolute Gasteiger partial charge is 0.461 e. The molecular weight excluding hydrogens is 917 g/mol. The number of esters is 1. The summed E-state index contributed by atoms with van der Waals surface area (Å²) in [5.74, 6) is -5.86. The zero-order chi connectivity index (χ0) is 53.0. The van der Waals surface area contributed by atoms with Crippen LogP contribution in [0, 0.1) is 35.5 Å². The number of nitrogens with zero attached hydrogens (tertiary/aromatic N) is 3. The number of likely N-dealkylation sites (N-methyl/N-ethyl adjacent to an activating group) is 1. The standard InChI is InChI=1S/C57H88N4O11/c1-35-18-13-12-14-19-36(2)47(60(9)45-21-17-28-59(8)54(45)65)34-44-26-23-41(7)57(68,72-44)53(64)55(66)61-29-16-15-20-46(61)56(67)71-48(38(4)31-42-24-22-37(3)49(33-42)69-10)27-25-43(58)32-40(6)51(63)52(70-11)50(62)39(5)30-35/h12-14,17-19,21,28,32,35,37-39,41-44,46-49,51-52,63,68H,15-16,20,22-27,29-31,33-34,58H2,1-11H3/b14-12+,18-13+,36-19+,40-32+/t35-,37-,38-,39?,41?,42?,43+,44?,46?,47-,48+,49?,51?,52+,57?/m1/s1. The minimum atomic E-state index is -2.46. The number of carbonyl (C=O) groups is 4. The lowest BCUT2D eigenvalue weighted by Gasteiger charge is -2.43. The summed E-state index contributed by atoms with van der Waals surface area (Å²) in [7, 11) is 6.69. The Morgan fingerprint density at radius 3 is 2.35 bits per heavy atom. The number of pyridine rings is 1. The molecule has 3 aliphatic heterocycles. The van der Waals surface area contributed by atoms with E-state index >= 15 is 0 Å². The highest BCUT2D eigenvalue weighted by Gasteiger charge is 2.53. The number of Topliss-reactive ketones (excluding diaryl/α,β-unsaturated/α-hetero) is 2. The Bertz CT molecular complexity index is 2190. The highest BCUT2D eigenvalue weighted by molar-refractivity contribution is 6.39. The first-order valence-electron chi connectivity index (χ1n) is 26.7. The van der Waals surface area contributed by atoms with E-state index in [1.54, 1.807) is 52.4 Å². The van der Waals surface area contributed by atoms with Crippen LogP contribution in [0.2, 0.25) is 0 Å². The highest BCUT2D eigenvalue weighted by atomic mass is 16.6. The molecule has 2 saturated heterocycles. The predicted octanol–water partition coefficient (Wildman–Crippen LogP) is 7.16. The van der Waals surface area contributed by atoms with Crippen LogP contribution in [0.1, 0.15) is 132 Å². The number of piperidine rings is 1. The third-order valence-electron chi connectivity index (χ3n) is 16.4. The van der Waals surface area contributed by atoms with E-state index < -0.39 is 77.8 Å². The molecule has 0 radical (unpaired) electrons. The minimum absolute atomic E-state index is 0.00931. The van der Waals surface area contributed by atoms with Gasteiger partial charge in [0.25, 0.3) is 17.2 Å². The maximum absolute atomic E-state index is 14.5. The molecular formula is C57H88N4O11. The number of cyclic esters (lactones) is 1. The summed E-state index contributed by atoms with van der Waals surface area (Å²) in [5.41, 5.74) is 8.36. The quantitative estimate of drug-likeness (QED) is 0.141. The maximum Gasteiger partial charge on any atom is 0.329 e. The van der Waals surface area contributed by atoms with Crippen LogP contribution in [0.3, 0.4) is 0 Å². The van der Waals surface area contributed by atoms with E-state index in [2.05, 4.69) is 13.8 Å². The Morgan fingerprint density at radius 2 is 1.64 bits per heavy atom. The van der Waals surface area contributed by atoms with Crippen molar-refractivity contribution in [2.24, 2.45) is 48.3 Å². The molecule has 1 amide bonds. The number of allylic oxidation sites excluding steroid dienone is 5. The van der Waals surface area contributed by atoms with Crippen LogP contribution in [-0.4, -0.2) is 125 Å². The highest BCUT2D eigenvalue weighted by Crippen LogP contribution is 2.39. The first-order valence-corrected chi connectivity index (χ1v) is 26.7. The maximum atomic E-state index is 14.5. The van der Waals surface area contributed by atoms with Crippen molar-refractivity contribution in [1.82, 2.24) is 9.47 Å². The van der Waals surface area contributed by atoms with Crippen LogP contribution in [0.4, 0.5) is 5.69 Å². The molecule has 4 N–H and O–H groups in total. The smallest absolute Gasteiger partial charge is 0.329 e. The summed E-state index contributed by atoms with van der Waals surface area (Å²) in [6, 6.07) is 1.50. The fraction of sp³-hybridized carbons (Fsp3) is 0.702. The first kappa shape index (κ1) is 58.6. The minimum Gasteiger partial charge on any atom is -0.461 e. The molecule has 15 heteroatoms. The van der Waals surface area contributed by atoms with Crippen molar-refractivity contribution in [3.63, 3.8) is 0 Å². The van der Waals surface area contributed by atoms with E-state index in [4.69, 9.17) is 24.7 Å². The van der Waals surface area contributed by atoms with Gasteiger partial charge >= 0.3 is 5.97 Å². The molecule has 1 saturated carbocycles. The second-order valence-electron chi connectivity index (χ2n) is 22.0. The number of anilines is 1. The summed E-state index contributed by atoms with van der Waals surface area (Å²) in [6.45, 7) is 13.7. The average molecular weight is 1010 g/mol. The predicted molar refractivity (Wildman–Crippen MR) is 280 cm³/mol. The topological polar surface area (TPSA) is 200 Å². The second-order valence-corrected chi connectivity index (χ2v) is 22.0. The van der Waals surface area contributed by atoms with E-state index in [1.165, 1.54) is 16.6 Å². The molecule has 5 rings (SSSR count). The molecule has 0 spiro atoms. The Balaban J connectivity index is 1.51. The molecule has 3 fully saturated rings. The fourth-order valence-corrected chi connectivity index (χ4v) is 11.6. The van der Waals surface area contributed by atoms with Gasteiger partial charge in [0.2, 0.25) is 5.79 Å². The lowest BCUT2D eigenvalue weighted by Crippen LogP contribution is -2.61. The molecule has 72 heavy (non-hydrogen) atoms. The summed E-state index contributed by atoms with van der Waals surface area (Å²) >= 11 is 0. The number of amides is 1. The first-order chi connectivity index (χ1) is 34.1. The van der Waals surface area contributed by atoms with Crippen LogP contribution in [-0.2, 0) is 45.2 Å². The average Bonchev–Trinajstić information content (AvgIpc) is 3.35. The molecule has 15 atom stereocenters. The van der Waals surface area contributed by atoms with Crippen molar-refractivity contribution in [1.29, 1.82) is 0 Å². The number of nitrogens with two attached hydrogens (primary N) is 1. The van der Waals surface area contributed by atoms with Crippen LogP contribution < -0.4 is 16.2 Å². The van der Waals surface area contributed by atoms with Gasteiger partial charge in [-0.25, -0.2) is 4.79 Å². The van der Waals surface area contributed by atoms with Gasteiger partial charge < -0.3 is 49.3 Å². The van der Waals surface area contributed by atoms with Gasteiger partial charge in [0, 0.05) is 58.9 Å². The molecule has 1 aromatic rings. The Morgan fingerprint density at radius 1 is 0.903 bits per heavy atom. The number of aliphatic hydroxyl groups is 2. The molecule has 1 aliphatic carbocycles. The number of rotatable bonds is 7. The molecule has 4 heterocycles. The molecule has 8 unspecified atom stereocenters. The van der Waals surface area contributed by atoms with Crippen molar-refractivity contribution in [3.05, 3.63) is 76.3 Å². The van der Waals surface area contributed by atoms with E-state index in [1.807, 2.05) is 63.1 Å². The van der Waals surface area contributed by atoms with Crippen molar-refractivity contribution in [2.75, 3.05) is 32.7 Å². The van der Waals surface area contributed by atoms with Gasteiger partial charge in [-0.2, -0.15) is 0 Å². The monoisotopic (exact) mass is 1000 g/mol. The molecule has 2 bridgehead atoms. The number of aromatic nitrogens is 1. The number of aliphatic hydroxyl groups excluding tert-OH is 1. The molecule has 15 nitrogen and oxygen atoms in total. The van der Waals surface area contributed by atoms with E-state index in [0.29, 0.717) is 68.0 Å². The molecule has 0 aromatic carbocycles. The number of carbonyl (C=O) groups excluding carboxylic acids is 4. The van der Waals surface area contributed by atoms with Gasteiger partial charge in [-0.3, -0.25) is 19.2 Å². The van der Waals surface area contributed by atoms with Crippen molar-refractivity contribution < 1.29 is 48.3 Å². The number of aryl methyl sites for hydroxylation is 1. The van der Waals surface area contributed by atoms with Gasteiger partial charge in [-0.1, -0.05) is 76.6 Å². The molecule has 4 aliphatic rings. The van der Waals surface area contributed by atoms with Gasteiger partial charge in [0.1, 0.15) is 30.0 Å². The zero-order valence-electron chi connectivity index (χ0n) is 45.2. The number of hydrogen-bond acceptors (Lipinski definition) is 13. The third-order valence-corrected chi connectivity index (χ3v) is 16.4. The van der Waals surface area contributed by atoms with Gasteiger partial charge in [-0.15, -0.1) is 0 Å². The summed E-state index contributed by atoms with van der Waals surface area (Å²) in [6.07, 6.45) is 17.2. The number of hydrogen-bond donors (Lipinski definition) is 3. The number of ether oxygens (including phenoxy) is 4. The van der Waals surface area contributed by atoms with Gasteiger partial charge in [0.05, 0.1) is 18.2 Å². The lowest BCUT2D eigenvalue weighted by molar-refractivity contribution is -0.263. The van der Waals surface area contributed by atoms with E-state index in [0.717, 1.165) is 31.3 Å². The lowest BCUT2D eigenvalue weighted by atomic mass is 9.76. The van der Waals surface area contributed by atoms with Crippen molar-refractivity contribution in [3.8, 4) is 0 Å². The van der Waals surface area contributed by atoms with Crippen LogP contribution >= 0.6 is 0 Å². The number of ketones is 2. The van der Waals surface area contributed by atoms with Gasteiger partial charge in [-0.05, 0) is 139 Å². The second kappa shape index (κ2) is 26.8. The van der Waals surface area contributed by atoms with Crippen LogP contribution in [0.25, 0.3) is 0 Å². The van der Waals surface area contributed by atoms with E-state index in [-0.39, 0.29) is 48.7 Å². The SMILES string of the molecule is COC1CC(C[C@@H](C)[C@@H]2CC[C@H](N)/C=C(\C)C(O)[C@@H](OC)C(=O)C(C)C[C@H](C)/C=C/C=C/C=C(\C)[C@H](N(C)c3cccn(C)c3=O)CC3CCC(C)C(O)(O3)C(=O)C(=O)N3CCCCC3C(=O)O2)CC[C@H]1C. The Labute approximate surface area is 429 Å². The summed E-state index contributed by atoms with van der Waals surface area (Å²) < 4.78 is 25.8. The molecule has 402 valence electrons. The van der Waals surface area contributed by atoms with Crippen LogP contribution in [0.5, 0.6) is 0 Å². The fourth-order valence-electron chi connectivity index (χ4n) is 11.6. The Hall–Kier alpha value is -4.25. The van der Waals surface area contributed by atoms with E-state index in [9.17, 15) is 34.2 Å². The normalized spacial score (nSPS) is 37.5. The zero-order valence-corrected chi connectivity index (χ0v) is 45.2. The third kappa shape index (κ3) is 14.7. The molecule has 1 aromatic heterocycles.